The van der Waals surface area contributed by atoms with E-state index in [0.717, 1.165) is 0 Å². The SMILES string of the molecule is CCCCCCCCc1ccc2c(c1)sc1c2sc2c3ccc(CCCCCCCC)cc3sc21. The lowest BCUT2D eigenvalue weighted by Gasteiger charge is -2.03. The fourth-order valence-electron chi connectivity index (χ4n) is 5.37. The Bertz CT molecular complexity index is 1280. The molecule has 5 aromatic rings. The molecular weight excluding hydrogens is 481 g/mol. The standard InChI is InChI=1S/C32H40S3/c1-3-5-7-9-11-13-15-23-17-19-25-27(21-23)33-31-29(25)35-30-26-20-18-24(22-28(26)34-32(30)31)16-14-12-10-8-6-4-2/h17-22H,3-16H2,1-2H3. The van der Waals surface area contributed by atoms with Crippen LogP contribution >= 0.6 is 34.0 Å². The molecule has 0 saturated carbocycles. The van der Waals surface area contributed by atoms with Crippen molar-refractivity contribution in [2.75, 3.05) is 0 Å². The predicted octanol–water partition coefficient (Wildman–Crippen LogP) is 12.3. The molecule has 0 aliphatic rings. The van der Waals surface area contributed by atoms with E-state index in [1.807, 2.05) is 34.0 Å². The minimum absolute atomic E-state index is 1.23. The lowest BCUT2D eigenvalue weighted by atomic mass is 10.0. The lowest BCUT2D eigenvalue weighted by Crippen LogP contribution is -1.86. The van der Waals surface area contributed by atoms with Gasteiger partial charge in [-0.1, -0.05) is 102 Å². The molecule has 0 nitrogen and oxygen atoms in total. The summed E-state index contributed by atoms with van der Waals surface area (Å²) >= 11 is 6.08. The van der Waals surface area contributed by atoms with Gasteiger partial charge in [-0.05, 0) is 48.9 Å². The second kappa shape index (κ2) is 12.2. The Morgan fingerprint density at radius 1 is 0.457 bits per heavy atom. The number of rotatable bonds is 14. The number of hydrogen-bond acceptors (Lipinski definition) is 3. The summed E-state index contributed by atoms with van der Waals surface area (Å²) in [7, 11) is 0. The van der Waals surface area contributed by atoms with Gasteiger partial charge in [0.05, 0.1) is 18.8 Å². The zero-order valence-electron chi connectivity index (χ0n) is 21.6. The first-order chi connectivity index (χ1) is 17.3. The van der Waals surface area contributed by atoms with E-state index in [-0.39, 0.29) is 0 Å². The van der Waals surface area contributed by atoms with E-state index in [1.54, 1.807) is 0 Å². The molecule has 5 rings (SSSR count). The van der Waals surface area contributed by atoms with E-state index >= 15 is 0 Å². The number of fused-ring (bicyclic) bond motifs is 7. The highest BCUT2D eigenvalue weighted by atomic mass is 32.1. The molecule has 3 heterocycles. The normalized spacial score (nSPS) is 12.2. The van der Waals surface area contributed by atoms with Crippen molar-refractivity contribution < 1.29 is 0 Å². The summed E-state index contributed by atoms with van der Waals surface area (Å²) in [6.07, 6.45) is 18.9. The van der Waals surface area contributed by atoms with Gasteiger partial charge in [0.2, 0.25) is 0 Å². The van der Waals surface area contributed by atoms with Crippen molar-refractivity contribution in [3.8, 4) is 0 Å². The van der Waals surface area contributed by atoms with Gasteiger partial charge in [-0.15, -0.1) is 34.0 Å². The molecular formula is C32H40S3. The van der Waals surface area contributed by atoms with Crippen LogP contribution in [0.2, 0.25) is 0 Å². The average molecular weight is 521 g/mol. The van der Waals surface area contributed by atoms with Gasteiger partial charge in [0, 0.05) is 20.2 Å². The first-order valence-corrected chi connectivity index (χ1v) is 16.5. The third kappa shape index (κ3) is 5.78. The van der Waals surface area contributed by atoms with Gasteiger partial charge in [-0.3, -0.25) is 0 Å². The molecule has 0 aliphatic carbocycles. The van der Waals surface area contributed by atoms with Crippen LogP contribution in [0.4, 0.5) is 0 Å². The summed E-state index contributed by atoms with van der Waals surface area (Å²) in [5.41, 5.74) is 3.04. The molecule has 0 saturated heterocycles. The molecule has 2 aromatic carbocycles. The molecule has 0 unspecified atom stereocenters. The Kier molecular flexibility index (Phi) is 8.81. The van der Waals surface area contributed by atoms with E-state index in [2.05, 4.69) is 50.2 Å². The maximum atomic E-state index is 2.48. The molecule has 0 spiro atoms. The summed E-state index contributed by atoms with van der Waals surface area (Å²) in [6.45, 7) is 4.59. The van der Waals surface area contributed by atoms with Crippen molar-refractivity contribution in [2.24, 2.45) is 0 Å². The second-order valence-corrected chi connectivity index (χ2v) is 13.4. The largest absolute Gasteiger partial charge is 0.133 e. The summed E-state index contributed by atoms with van der Waals surface area (Å²) in [5.74, 6) is 0. The summed E-state index contributed by atoms with van der Waals surface area (Å²) < 4.78 is 9.03. The Balaban J connectivity index is 1.30. The number of hydrogen-bond donors (Lipinski definition) is 0. The van der Waals surface area contributed by atoms with Crippen molar-refractivity contribution in [1.29, 1.82) is 0 Å². The Morgan fingerprint density at radius 2 is 0.886 bits per heavy atom. The summed E-state index contributed by atoms with van der Waals surface area (Å²) in [5, 5.41) is 2.94. The zero-order valence-corrected chi connectivity index (χ0v) is 24.0. The van der Waals surface area contributed by atoms with Crippen LogP contribution < -0.4 is 0 Å². The first kappa shape index (κ1) is 25.2. The van der Waals surface area contributed by atoms with Crippen molar-refractivity contribution in [3.63, 3.8) is 0 Å². The second-order valence-electron chi connectivity index (χ2n) is 10.3. The summed E-state index contributed by atoms with van der Waals surface area (Å²) in [6, 6.07) is 14.6. The van der Waals surface area contributed by atoms with Crippen LogP contribution in [0.3, 0.4) is 0 Å². The van der Waals surface area contributed by atoms with Gasteiger partial charge < -0.3 is 0 Å². The Labute approximate surface area is 223 Å². The van der Waals surface area contributed by atoms with Gasteiger partial charge in [0.25, 0.3) is 0 Å². The van der Waals surface area contributed by atoms with E-state index in [4.69, 9.17) is 0 Å². The number of aryl methyl sites for hydroxylation is 2. The molecule has 0 atom stereocenters. The average Bonchev–Trinajstić information content (AvgIpc) is 3.51. The summed E-state index contributed by atoms with van der Waals surface area (Å²) in [4.78, 5) is 0. The van der Waals surface area contributed by atoms with Crippen LogP contribution in [-0.2, 0) is 12.8 Å². The quantitative estimate of drug-likeness (QED) is 0.128. The van der Waals surface area contributed by atoms with Crippen LogP contribution in [0.15, 0.2) is 36.4 Å². The van der Waals surface area contributed by atoms with Crippen molar-refractivity contribution in [2.45, 2.75) is 104 Å². The molecule has 3 heteroatoms. The molecule has 35 heavy (non-hydrogen) atoms. The highest BCUT2D eigenvalue weighted by Crippen LogP contribution is 2.50. The lowest BCUT2D eigenvalue weighted by molar-refractivity contribution is 0.607. The van der Waals surface area contributed by atoms with E-state index in [0.29, 0.717) is 0 Å². The third-order valence-corrected chi connectivity index (χ3v) is 11.5. The zero-order chi connectivity index (χ0) is 24.0. The smallest absolute Gasteiger partial charge is 0.0642 e. The third-order valence-electron chi connectivity index (χ3n) is 7.47. The van der Waals surface area contributed by atoms with E-state index in [9.17, 15) is 0 Å². The molecule has 186 valence electrons. The first-order valence-electron chi connectivity index (χ1n) is 14.1. The molecule has 0 bridgehead atoms. The minimum atomic E-state index is 1.23. The van der Waals surface area contributed by atoms with Crippen molar-refractivity contribution >= 4 is 73.0 Å². The maximum Gasteiger partial charge on any atom is 0.0642 e. The predicted molar refractivity (Wildman–Crippen MR) is 164 cm³/mol. The van der Waals surface area contributed by atoms with Crippen molar-refractivity contribution in [1.82, 2.24) is 0 Å². The van der Waals surface area contributed by atoms with Gasteiger partial charge in [-0.25, -0.2) is 0 Å². The van der Waals surface area contributed by atoms with Crippen LogP contribution in [0.5, 0.6) is 0 Å². The number of unbranched alkanes of at least 4 members (excludes halogenated alkanes) is 10. The van der Waals surface area contributed by atoms with Crippen LogP contribution in [0.1, 0.15) is 102 Å². The topological polar surface area (TPSA) is 0 Å². The van der Waals surface area contributed by atoms with E-state index in [1.165, 1.54) is 140 Å². The van der Waals surface area contributed by atoms with Gasteiger partial charge in [-0.2, -0.15) is 0 Å². The number of thiophene rings is 3. The van der Waals surface area contributed by atoms with Crippen LogP contribution in [-0.4, -0.2) is 0 Å². The fraction of sp³-hybridized carbons (Fsp3) is 0.500. The van der Waals surface area contributed by atoms with Crippen LogP contribution in [0.25, 0.3) is 39.0 Å². The van der Waals surface area contributed by atoms with Gasteiger partial charge in [0.1, 0.15) is 0 Å². The molecule has 0 aliphatic heterocycles. The van der Waals surface area contributed by atoms with Crippen molar-refractivity contribution in [3.05, 3.63) is 47.5 Å². The minimum Gasteiger partial charge on any atom is -0.133 e. The monoisotopic (exact) mass is 520 g/mol. The van der Waals surface area contributed by atoms with Crippen LogP contribution in [0, 0.1) is 0 Å². The Morgan fingerprint density at radius 3 is 1.34 bits per heavy atom. The van der Waals surface area contributed by atoms with E-state index < -0.39 is 0 Å². The Hall–Kier alpha value is -1.42. The fourth-order valence-corrected chi connectivity index (χ4v) is 9.76. The van der Waals surface area contributed by atoms with Gasteiger partial charge in [0.15, 0.2) is 0 Å². The molecule has 3 aromatic heterocycles. The highest BCUT2D eigenvalue weighted by molar-refractivity contribution is 7.43. The molecule has 0 N–H and O–H groups in total. The molecule has 0 fully saturated rings. The number of benzene rings is 2. The molecule has 0 amide bonds. The maximum absolute atomic E-state index is 2.48. The highest BCUT2D eigenvalue weighted by Gasteiger charge is 2.17. The molecule has 0 radical (unpaired) electrons. The van der Waals surface area contributed by atoms with Gasteiger partial charge >= 0.3 is 0 Å².